The Morgan fingerprint density at radius 3 is 2.39 bits per heavy atom. The van der Waals surface area contributed by atoms with E-state index in [2.05, 4.69) is 10.6 Å². The second-order valence-electron chi connectivity index (χ2n) is 6.00. The average molecular weight is 252 g/mol. The molecule has 0 bridgehead atoms. The molecule has 1 unspecified atom stereocenters. The molecule has 0 spiro atoms. The summed E-state index contributed by atoms with van der Waals surface area (Å²) in [5.74, 6) is 1.26. The van der Waals surface area contributed by atoms with Gasteiger partial charge in [-0.25, -0.2) is 0 Å². The van der Waals surface area contributed by atoms with Crippen LogP contribution in [0, 0.1) is 11.8 Å². The van der Waals surface area contributed by atoms with Gasteiger partial charge in [0.15, 0.2) is 0 Å². The van der Waals surface area contributed by atoms with E-state index in [0.717, 1.165) is 32.5 Å². The molecule has 1 heterocycles. The number of hydrogen-bond donors (Lipinski definition) is 2. The summed E-state index contributed by atoms with van der Waals surface area (Å²) in [7, 11) is 0. The summed E-state index contributed by atoms with van der Waals surface area (Å²) >= 11 is 0. The third kappa shape index (κ3) is 4.60. The largest absolute Gasteiger partial charge is 0.356 e. The van der Waals surface area contributed by atoms with Gasteiger partial charge in [0.1, 0.15) is 0 Å². The Labute approximate surface area is 111 Å². The molecular weight excluding hydrogens is 224 g/mol. The van der Waals surface area contributed by atoms with Gasteiger partial charge in [-0.2, -0.15) is 0 Å². The van der Waals surface area contributed by atoms with Crippen LogP contribution in [0.4, 0.5) is 0 Å². The SMILES string of the molecule is O=C(NCC1CCCNC1)C1CCCCCCC1. The molecule has 0 aromatic heterocycles. The van der Waals surface area contributed by atoms with Crippen LogP contribution in [0.1, 0.15) is 57.8 Å². The molecule has 0 aromatic carbocycles. The van der Waals surface area contributed by atoms with Crippen molar-refractivity contribution in [3.05, 3.63) is 0 Å². The highest BCUT2D eigenvalue weighted by Gasteiger charge is 2.20. The van der Waals surface area contributed by atoms with Gasteiger partial charge in [-0.3, -0.25) is 4.79 Å². The van der Waals surface area contributed by atoms with Crippen LogP contribution >= 0.6 is 0 Å². The minimum atomic E-state index is 0.293. The third-order valence-corrected chi connectivity index (χ3v) is 4.44. The van der Waals surface area contributed by atoms with E-state index in [-0.39, 0.29) is 0 Å². The molecule has 1 saturated carbocycles. The second-order valence-corrected chi connectivity index (χ2v) is 6.00. The van der Waals surface area contributed by atoms with Crippen molar-refractivity contribution in [1.29, 1.82) is 0 Å². The van der Waals surface area contributed by atoms with E-state index in [9.17, 15) is 4.79 Å². The average Bonchev–Trinajstić information content (AvgIpc) is 2.37. The summed E-state index contributed by atoms with van der Waals surface area (Å²) < 4.78 is 0. The van der Waals surface area contributed by atoms with Crippen LogP contribution in [-0.2, 0) is 4.79 Å². The summed E-state index contributed by atoms with van der Waals surface area (Å²) in [6.45, 7) is 3.10. The topological polar surface area (TPSA) is 41.1 Å². The Morgan fingerprint density at radius 2 is 1.72 bits per heavy atom. The van der Waals surface area contributed by atoms with E-state index in [4.69, 9.17) is 0 Å². The van der Waals surface area contributed by atoms with Crippen molar-refractivity contribution in [2.45, 2.75) is 57.8 Å². The fourth-order valence-corrected chi connectivity index (χ4v) is 3.21. The van der Waals surface area contributed by atoms with Crippen LogP contribution in [0.2, 0.25) is 0 Å². The van der Waals surface area contributed by atoms with Gasteiger partial charge in [0.2, 0.25) is 5.91 Å². The predicted molar refractivity (Wildman–Crippen MR) is 74.4 cm³/mol. The Kier molecular flexibility index (Phi) is 5.98. The van der Waals surface area contributed by atoms with Gasteiger partial charge in [0.25, 0.3) is 0 Å². The highest BCUT2D eigenvalue weighted by atomic mass is 16.1. The van der Waals surface area contributed by atoms with Gasteiger partial charge in [-0.1, -0.05) is 32.1 Å². The summed E-state index contributed by atoms with van der Waals surface area (Å²) in [5.41, 5.74) is 0. The lowest BCUT2D eigenvalue weighted by Crippen LogP contribution is -2.40. The van der Waals surface area contributed by atoms with Crippen molar-refractivity contribution in [3.63, 3.8) is 0 Å². The molecule has 104 valence electrons. The molecule has 2 rings (SSSR count). The zero-order chi connectivity index (χ0) is 12.6. The lowest BCUT2D eigenvalue weighted by Gasteiger charge is -2.25. The summed E-state index contributed by atoms with van der Waals surface area (Å²) in [5, 5.41) is 6.60. The van der Waals surface area contributed by atoms with Crippen molar-refractivity contribution in [2.75, 3.05) is 19.6 Å². The maximum absolute atomic E-state index is 12.2. The van der Waals surface area contributed by atoms with Crippen LogP contribution in [0.15, 0.2) is 0 Å². The van der Waals surface area contributed by atoms with E-state index >= 15 is 0 Å². The summed E-state index contributed by atoms with van der Waals surface area (Å²) in [6, 6.07) is 0. The van der Waals surface area contributed by atoms with E-state index in [1.165, 1.54) is 44.9 Å². The molecule has 3 nitrogen and oxygen atoms in total. The minimum Gasteiger partial charge on any atom is -0.356 e. The Balaban J connectivity index is 1.68. The standard InChI is InChI=1S/C15H28N2O/c18-15(14-8-4-2-1-3-5-9-14)17-12-13-7-6-10-16-11-13/h13-14,16H,1-12H2,(H,17,18). The molecule has 2 N–H and O–H groups in total. The predicted octanol–water partition coefficient (Wildman–Crippen LogP) is 2.46. The van der Waals surface area contributed by atoms with E-state index in [0.29, 0.717) is 17.7 Å². The molecule has 0 aromatic rings. The fourth-order valence-electron chi connectivity index (χ4n) is 3.21. The first-order valence-corrected chi connectivity index (χ1v) is 7.84. The van der Waals surface area contributed by atoms with Gasteiger partial charge in [-0.15, -0.1) is 0 Å². The summed E-state index contributed by atoms with van der Waals surface area (Å²) in [6.07, 6.45) is 11.2. The molecule has 0 radical (unpaired) electrons. The third-order valence-electron chi connectivity index (χ3n) is 4.44. The quantitative estimate of drug-likeness (QED) is 0.810. The summed E-state index contributed by atoms with van der Waals surface area (Å²) in [4.78, 5) is 12.2. The van der Waals surface area contributed by atoms with Crippen LogP contribution < -0.4 is 10.6 Å². The van der Waals surface area contributed by atoms with Crippen molar-refractivity contribution in [3.8, 4) is 0 Å². The molecular formula is C15H28N2O. The number of carbonyl (C=O) groups excluding carboxylic acids is 1. The van der Waals surface area contributed by atoms with Gasteiger partial charge in [0.05, 0.1) is 0 Å². The first kappa shape index (κ1) is 13.9. The van der Waals surface area contributed by atoms with E-state index in [1.54, 1.807) is 0 Å². The zero-order valence-corrected chi connectivity index (χ0v) is 11.5. The molecule has 18 heavy (non-hydrogen) atoms. The Morgan fingerprint density at radius 1 is 1.00 bits per heavy atom. The maximum atomic E-state index is 12.2. The van der Waals surface area contributed by atoms with Crippen LogP contribution in [0.5, 0.6) is 0 Å². The highest BCUT2D eigenvalue weighted by molar-refractivity contribution is 5.78. The number of amides is 1. The molecule has 2 aliphatic rings. The normalized spacial score (nSPS) is 27.2. The molecule has 1 saturated heterocycles. The van der Waals surface area contributed by atoms with Crippen molar-refractivity contribution in [1.82, 2.24) is 10.6 Å². The first-order valence-electron chi connectivity index (χ1n) is 7.84. The molecule has 2 fully saturated rings. The van der Waals surface area contributed by atoms with E-state index in [1.807, 2.05) is 0 Å². The molecule has 1 aliphatic carbocycles. The molecule has 3 heteroatoms. The number of hydrogen-bond acceptors (Lipinski definition) is 2. The maximum Gasteiger partial charge on any atom is 0.223 e. The van der Waals surface area contributed by atoms with Crippen LogP contribution in [0.25, 0.3) is 0 Å². The number of nitrogens with one attached hydrogen (secondary N) is 2. The molecule has 1 aliphatic heterocycles. The number of carbonyl (C=O) groups is 1. The fraction of sp³-hybridized carbons (Fsp3) is 0.933. The van der Waals surface area contributed by atoms with Crippen LogP contribution in [-0.4, -0.2) is 25.5 Å². The van der Waals surface area contributed by atoms with Gasteiger partial charge in [-0.05, 0) is 44.7 Å². The van der Waals surface area contributed by atoms with Gasteiger partial charge < -0.3 is 10.6 Å². The van der Waals surface area contributed by atoms with Crippen LogP contribution in [0.3, 0.4) is 0 Å². The van der Waals surface area contributed by atoms with E-state index < -0.39 is 0 Å². The Hall–Kier alpha value is -0.570. The van der Waals surface area contributed by atoms with Gasteiger partial charge >= 0.3 is 0 Å². The Bertz CT molecular complexity index is 241. The van der Waals surface area contributed by atoms with Gasteiger partial charge in [0, 0.05) is 12.5 Å². The minimum absolute atomic E-state index is 0.293. The number of rotatable bonds is 3. The monoisotopic (exact) mass is 252 g/mol. The highest BCUT2D eigenvalue weighted by Crippen LogP contribution is 2.22. The van der Waals surface area contributed by atoms with Crippen molar-refractivity contribution >= 4 is 5.91 Å². The van der Waals surface area contributed by atoms with Crippen molar-refractivity contribution < 1.29 is 4.79 Å². The molecule has 1 amide bonds. The smallest absolute Gasteiger partial charge is 0.223 e. The van der Waals surface area contributed by atoms with Crippen molar-refractivity contribution in [2.24, 2.45) is 11.8 Å². The first-order chi connectivity index (χ1) is 8.86. The lowest BCUT2D eigenvalue weighted by atomic mass is 9.90. The molecule has 1 atom stereocenters. The number of piperidine rings is 1. The lowest BCUT2D eigenvalue weighted by molar-refractivity contribution is -0.125. The zero-order valence-electron chi connectivity index (χ0n) is 11.5. The second kappa shape index (κ2) is 7.78.